The van der Waals surface area contributed by atoms with Gasteiger partial charge in [0.05, 0.1) is 45.8 Å². The van der Waals surface area contributed by atoms with Crippen molar-refractivity contribution in [2.24, 2.45) is 0 Å². The Bertz CT molecular complexity index is 6300. The van der Waals surface area contributed by atoms with E-state index in [9.17, 15) is 110 Å². The summed E-state index contributed by atoms with van der Waals surface area (Å²) in [5, 5.41) is 21.0. The van der Waals surface area contributed by atoms with Crippen molar-refractivity contribution in [2.75, 3.05) is 75.4 Å². The summed E-state index contributed by atoms with van der Waals surface area (Å²) < 4.78 is 238. The number of Topliss-reactive ketones (excluding diaryl/α,β-unsaturated/α-hetero) is 3. The maximum absolute atomic E-state index is 13.4. The summed E-state index contributed by atoms with van der Waals surface area (Å²) in [5.41, 5.74) is -4.87. The van der Waals surface area contributed by atoms with Gasteiger partial charge in [0.2, 0.25) is 0 Å². The Hall–Kier alpha value is -10.1. The van der Waals surface area contributed by atoms with Crippen LogP contribution < -0.4 is 14.5 Å². The Kier molecular flexibility index (Phi) is 33.3. The smallest absolute Gasteiger partial charge is 0.444 e. The second-order valence-electron chi connectivity index (χ2n) is 34.7. The molecule has 8 aliphatic rings. The number of ether oxygens (including phenoxy) is 2. The lowest BCUT2D eigenvalue weighted by Gasteiger charge is -2.43. The standard InChI is InChI=1S/C20H19NO4S.C19H25NO7S2.C18H23NO5S.C13H15NO3S.C11H16BNO3.C8H5F6NO4S2/c22-17-14-20(26(24,25)18-9-5-4-8-16(17)18)10-12-21(13-11-20)19(23)15-6-2-1-3-7-15;1-18(2,3)26-17(21)20-11-9-19(10-12-20)13-15(27-28(4,22)23)14-7-5-6-8-16(14)29(19,24)25;1-17(2,3)24-16(21)19-10-8-18(9-11-19)12-14(20)13-6-4-5-7-15(13)25(18,22)23;15-11-9-13(5-7-14-8-6-13)18(16,17)12-4-2-1-3-10(11)12;1-3-13(4-2)11(14)9-5-7-10(8-6-9)12(15)16;9-7(10,11)18-19-20-15(6-4-2-1-3-5-6)21(16,17)8(12,13)14/h1-9H,10-14H2;5-8,13H,9-12H2,1-4H3;4-7H,8-12H2,1-3H3;1-4,14H,5-9H2;5-8,15-16H,3-4H2,1-2H3;1-5H. The van der Waals surface area contributed by atoms with E-state index < -0.39 is 142 Å². The number of anilines is 1. The highest BCUT2D eigenvalue weighted by molar-refractivity contribution is 8.12. The second kappa shape index (κ2) is 42.1. The number of carbonyl (C=O) groups excluding carboxylic acids is 7. The fourth-order valence-electron chi connectivity index (χ4n) is 16.5. The average Bonchev–Trinajstić information content (AvgIpc) is 0.727. The molecule has 4 fully saturated rings. The summed E-state index contributed by atoms with van der Waals surface area (Å²) in [4.78, 5) is 95.9. The first-order valence-electron chi connectivity index (χ1n) is 42.5. The Morgan fingerprint density at radius 2 is 0.830 bits per heavy atom. The molecule has 3 N–H and O–H groups in total. The number of sulfone groups is 4. The Morgan fingerprint density at radius 3 is 1.20 bits per heavy atom. The Morgan fingerprint density at radius 1 is 0.474 bits per heavy atom. The summed E-state index contributed by atoms with van der Waals surface area (Å²) in [5.74, 6) is -0.440. The number of carbonyl (C=O) groups is 7. The molecule has 15 rings (SSSR count). The van der Waals surface area contributed by atoms with Crippen molar-refractivity contribution in [1.82, 2.24) is 24.9 Å². The molecule has 0 unspecified atom stereocenters. The van der Waals surface area contributed by atoms with Crippen LogP contribution in [0.4, 0.5) is 41.6 Å². The zero-order valence-corrected chi connectivity index (χ0v) is 80.6. The zero-order chi connectivity index (χ0) is 99.7. The highest BCUT2D eigenvalue weighted by Crippen LogP contribution is 2.50. The van der Waals surface area contributed by atoms with Gasteiger partial charge < -0.3 is 48.6 Å². The van der Waals surface area contributed by atoms with Crippen LogP contribution in [0, 0.1) is 0 Å². The van der Waals surface area contributed by atoms with E-state index in [2.05, 4.69) is 14.5 Å². The maximum Gasteiger partial charge on any atom is 0.550 e. The largest absolute Gasteiger partial charge is 0.550 e. The van der Waals surface area contributed by atoms with Crippen LogP contribution in [-0.2, 0) is 82.4 Å². The SMILES string of the molecule is CC(C)(C)OC(=O)N1CCC2(C=C(OS(C)(=O)=O)c3ccccc3S2(=O)=O)CC1.CC(C)(C)OC(=O)N1CCC2(CC1)CC(=O)c1ccccc1S2(=O)=O.CCN(CC)C(=O)c1ccc(B(O)O)cc1.O=C1CC2(CCN(C(=O)c3ccccc3)CC2)S(=O)(=O)c2ccccc21.O=C1CC2(CCNCC2)S(=O)(=O)c2ccccc21.O=S(=O)(N(SOOC(F)(F)F)c1ccccc1)C(F)(F)F. The first-order chi connectivity index (χ1) is 62.9. The van der Waals surface area contributed by atoms with Crippen LogP contribution >= 0.6 is 12.2 Å². The van der Waals surface area contributed by atoms with E-state index >= 15 is 0 Å². The van der Waals surface area contributed by atoms with Gasteiger partial charge in [0.25, 0.3) is 11.8 Å². The van der Waals surface area contributed by atoms with E-state index in [0.717, 1.165) is 18.4 Å². The fourth-order valence-corrected chi connectivity index (χ4v) is 27.4. The van der Waals surface area contributed by atoms with Gasteiger partial charge in [-0.25, -0.2) is 43.3 Å². The number of para-hydroxylation sites is 1. The highest BCUT2D eigenvalue weighted by atomic mass is 32.3. The molecule has 4 saturated heterocycles. The molecule has 0 atom stereocenters. The van der Waals surface area contributed by atoms with Crippen molar-refractivity contribution in [1.29, 1.82) is 0 Å². The number of ketones is 3. The number of nitrogens with zero attached hydrogens (tertiary/aromatic N) is 5. The van der Waals surface area contributed by atoms with Gasteiger partial charge in [0.15, 0.2) is 68.9 Å². The summed E-state index contributed by atoms with van der Waals surface area (Å²) >= 11 is -0.782. The van der Waals surface area contributed by atoms with Gasteiger partial charge in [0.1, 0.15) is 21.7 Å². The fraction of sp³-hybridized carbons (Fsp3) is 0.427. The van der Waals surface area contributed by atoms with Crippen LogP contribution in [0.2, 0.25) is 0 Å². The topological polar surface area (TPSA) is 439 Å². The number of amides is 4. The van der Waals surface area contributed by atoms with E-state index in [4.69, 9.17) is 23.7 Å². The van der Waals surface area contributed by atoms with Crippen molar-refractivity contribution in [3.8, 4) is 0 Å². The lowest BCUT2D eigenvalue weighted by atomic mass is 9.80. The normalized spacial score (nSPS) is 19.0. The highest BCUT2D eigenvalue weighted by Gasteiger charge is 2.58. The number of rotatable bonds is 12. The van der Waals surface area contributed by atoms with Crippen LogP contribution in [0.3, 0.4) is 0 Å². The molecule has 4 spiro atoms. The summed E-state index contributed by atoms with van der Waals surface area (Å²) in [6.07, 6.45) is -1.51. The molecule has 8 aliphatic heterocycles. The van der Waals surface area contributed by atoms with Gasteiger partial charge in [-0.3, -0.25) is 24.0 Å². The van der Waals surface area contributed by atoms with Crippen molar-refractivity contribution in [2.45, 2.75) is 188 Å². The van der Waals surface area contributed by atoms with E-state index in [1.54, 1.807) is 173 Å². The molecule has 135 heavy (non-hydrogen) atoms. The van der Waals surface area contributed by atoms with Crippen LogP contribution in [0.15, 0.2) is 208 Å². The quantitative estimate of drug-likeness (QED) is 0.0194. The number of likely N-dealkylation sites (tertiary alicyclic amines) is 3. The van der Waals surface area contributed by atoms with Crippen molar-refractivity contribution < 1.29 is 143 Å². The molecule has 8 heterocycles. The molecule has 7 aromatic rings. The number of sulfonamides is 1. The minimum absolute atomic E-state index is 0.000284. The third-order valence-electron chi connectivity index (χ3n) is 23.5. The first kappa shape index (κ1) is 107. The molecule has 46 heteroatoms. The number of benzene rings is 7. The van der Waals surface area contributed by atoms with Crippen LogP contribution in [0.1, 0.15) is 183 Å². The molecular formula is C89H103BF6N6O26S7. The summed E-state index contributed by atoms with van der Waals surface area (Å²) in [7, 11) is -25.8. The van der Waals surface area contributed by atoms with Gasteiger partial charge in [-0.05, 0) is 198 Å². The van der Waals surface area contributed by atoms with Gasteiger partial charge in [-0.2, -0.15) is 33.7 Å². The van der Waals surface area contributed by atoms with Crippen molar-refractivity contribution >= 4 is 137 Å². The van der Waals surface area contributed by atoms with Crippen LogP contribution in [0.25, 0.3) is 5.76 Å². The number of piperidine rings is 4. The molecule has 732 valence electrons. The van der Waals surface area contributed by atoms with E-state index in [-0.39, 0.29) is 150 Å². The Balaban J connectivity index is 0.000000169. The average molecular weight is 2020 g/mol. The molecule has 0 aromatic heterocycles. The molecule has 0 aliphatic carbocycles. The van der Waals surface area contributed by atoms with Gasteiger partial charge in [0, 0.05) is 105 Å². The number of halogens is 6. The molecule has 32 nitrogen and oxygen atoms in total. The van der Waals surface area contributed by atoms with Crippen molar-refractivity contribution in [3.63, 3.8) is 0 Å². The maximum atomic E-state index is 13.4. The molecule has 0 radical (unpaired) electrons. The third kappa shape index (κ3) is 24.3. The summed E-state index contributed by atoms with van der Waals surface area (Å²) in [6, 6.07) is 46.4. The Labute approximate surface area is 784 Å². The predicted octanol–water partition coefficient (Wildman–Crippen LogP) is 12.5. The van der Waals surface area contributed by atoms with Crippen LogP contribution in [-0.4, -0.2) is 242 Å². The molecule has 7 aromatic carbocycles. The molecule has 0 bridgehead atoms. The van der Waals surface area contributed by atoms with E-state index in [1.807, 2.05) is 19.9 Å². The molecular weight excluding hydrogens is 1920 g/mol. The van der Waals surface area contributed by atoms with Gasteiger partial charge >= 0.3 is 51.3 Å². The lowest BCUT2D eigenvalue weighted by molar-refractivity contribution is -0.440. The number of fused-ring (bicyclic) bond motifs is 4. The van der Waals surface area contributed by atoms with E-state index in [1.165, 1.54) is 58.3 Å². The third-order valence-corrected chi connectivity index (χ3v) is 36.9. The van der Waals surface area contributed by atoms with Crippen LogP contribution in [0.5, 0.6) is 0 Å². The molecule has 4 amide bonds. The van der Waals surface area contributed by atoms with Gasteiger partial charge in [-0.1, -0.05) is 115 Å². The number of hydrogen-bond acceptors (Lipinski definition) is 28. The first-order valence-corrected chi connectivity index (χ1v) is 52.3. The number of alkyl halides is 6. The van der Waals surface area contributed by atoms with Gasteiger partial charge in [-0.15, -0.1) is 22.4 Å². The molecule has 0 saturated carbocycles. The minimum atomic E-state index is -5.99. The van der Waals surface area contributed by atoms with Crippen molar-refractivity contribution in [3.05, 3.63) is 221 Å². The minimum Gasteiger partial charge on any atom is -0.444 e. The monoisotopic (exact) mass is 2020 g/mol. The predicted molar refractivity (Wildman–Crippen MR) is 487 cm³/mol. The lowest BCUT2D eigenvalue weighted by Crippen LogP contribution is -2.54. The number of hydrogen-bond donors (Lipinski definition) is 3. The summed E-state index contributed by atoms with van der Waals surface area (Å²) in [6.45, 7) is 18.7. The second-order valence-corrected chi connectivity index (χ2v) is 48.1. The van der Waals surface area contributed by atoms with E-state index in [0.29, 0.717) is 79.8 Å². The zero-order valence-electron chi connectivity index (χ0n) is 74.9. The number of nitrogens with one attached hydrogen (secondary N) is 1.